The molecule has 0 radical (unpaired) electrons. The highest BCUT2D eigenvalue weighted by Gasteiger charge is 2.35. The Bertz CT molecular complexity index is 106. The first kappa shape index (κ1) is 8.45. The third-order valence-electron chi connectivity index (χ3n) is 2.11. The fourth-order valence-electron chi connectivity index (χ4n) is 2.27. The maximum atomic E-state index is 2.41. The molecule has 0 nitrogen and oxygen atoms in total. The molecule has 1 heteroatoms. The first-order valence-electron chi connectivity index (χ1n) is 4.09. The van der Waals surface area contributed by atoms with Crippen molar-refractivity contribution in [3.8, 4) is 0 Å². The van der Waals surface area contributed by atoms with Crippen LogP contribution in [0.5, 0.6) is 0 Å². The summed E-state index contributed by atoms with van der Waals surface area (Å²) in [6, 6.07) is 0. The molecule has 0 bridgehead atoms. The van der Waals surface area contributed by atoms with Crippen molar-refractivity contribution < 1.29 is 0 Å². The molecule has 0 amide bonds. The molecule has 1 aliphatic heterocycles. The minimum Gasteiger partial charge on any atom is -0.0580 e. The van der Waals surface area contributed by atoms with Gasteiger partial charge in [-0.15, -0.1) is 0 Å². The predicted molar refractivity (Wildman–Crippen MR) is 50.6 cm³/mol. The Labute approximate surface area is 67.7 Å². The van der Waals surface area contributed by atoms with E-state index in [1.807, 2.05) is 0 Å². The molecule has 0 saturated carbocycles. The van der Waals surface area contributed by atoms with Gasteiger partial charge in [-0.3, -0.25) is 0 Å². The second kappa shape index (κ2) is 2.77. The van der Waals surface area contributed by atoms with Crippen molar-refractivity contribution in [2.75, 3.05) is 17.8 Å². The minimum atomic E-state index is 0.634. The van der Waals surface area contributed by atoms with Gasteiger partial charge in [0, 0.05) is 11.3 Å². The SMILES string of the molecule is CC1C[S+](C)CC(C)(C)C1. The molecule has 1 saturated heterocycles. The Morgan fingerprint density at radius 2 is 2.00 bits per heavy atom. The van der Waals surface area contributed by atoms with Crippen LogP contribution in [0.4, 0.5) is 0 Å². The standard InChI is InChI=1S/C9H19S/c1-8-5-9(2,3)7-10(4)6-8/h8H,5-7H2,1-4H3/q+1. The third-order valence-corrected chi connectivity index (χ3v) is 4.52. The van der Waals surface area contributed by atoms with E-state index in [0.29, 0.717) is 16.3 Å². The van der Waals surface area contributed by atoms with Crippen LogP contribution in [-0.2, 0) is 10.9 Å². The van der Waals surface area contributed by atoms with Gasteiger partial charge in [-0.05, 0) is 17.3 Å². The second-order valence-corrected chi connectivity index (χ2v) is 6.75. The Hall–Kier alpha value is 0.350. The highest BCUT2D eigenvalue weighted by Crippen LogP contribution is 2.33. The Morgan fingerprint density at radius 1 is 1.40 bits per heavy atom. The lowest BCUT2D eigenvalue weighted by Gasteiger charge is -2.31. The van der Waals surface area contributed by atoms with Crippen molar-refractivity contribution in [2.24, 2.45) is 11.3 Å². The fraction of sp³-hybridized carbons (Fsp3) is 1.00. The average Bonchev–Trinajstić information content (AvgIpc) is 1.54. The Morgan fingerprint density at radius 3 is 2.40 bits per heavy atom. The molecular formula is C9H19S+. The van der Waals surface area contributed by atoms with E-state index < -0.39 is 0 Å². The van der Waals surface area contributed by atoms with Gasteiger partial charge in [0.05, 0.1) is 6.26 Å². The zero-order valence-corrected chi connectivity index (χ0v) is 8.42. The van der Waals surface area contributed by atoms with Crippen LogP contribution in [0.25, 0.3) is 0 Å². The highest BCUT2D eigenvalue weighted by atomic mass is 32.2. The smallest absolute Gasteiger partial charge is 0.0580 e. The van der Waals surface area contributed by atoms with Gasteiger partial charge >= 0.3 is 0 Å². The molecule has 1 aliphatic rings. The molecule has 2 unspecified atom stereocenters. The summed E-state index contributed by atoms with van der Waals surface area (Å²) in [6.07, 6.45) is 3.85. The summed E-state index contributed by atoms with van der Waals surface area (Å²) in [5, 5.41) is 0. The van der Waals surface area contributed by atoms with Crippen LogP contribution in [0.1, 0.15) is 27.2 Å². The maximum absolute atomic E-state index is 2.41. The molecule has 0 N–H and O–H groups in total. The summed E-state index contributed by atoms with van der Waals surface area (Å²) in [7, 11) is 0.710. The van der Waals surface area contributed by atoms with E-state index in [9.17, 15) is 0 Å². The highest BCUT2D eigenvalue weighted by molar-refractivity contribution is 7.96. The van der Waals surface area contributed by atoms with Crippen LogP contribution in [-0.4, -0.2) is 17.8 Å². The molecule has 0 aromatic rings. The third kappa shape index (κ3) is 2.19. The first-order valence-corrected chi connectivity index (χ1v) is 6.06. The van der Waals surface area contributed by atoms with E-state index in [1.165, 1.54) is 17.9 Å². The van der Waals surface area contributed by atoms with Crippen molar-refractivity contribution in [3.63, 3.8) is 0 Å². The van der Waals surface area contributed by atoms with E-state index in [4.69, 9.17) is 0 Å². The molecule has 2 atom stereocenters. The Balaban J connectivity index is 2.51. The molecule has 1 heterocycles. The summed E-state index contributed by atoms with van der Waals surface area (Å²) in [5.74, 6) is 3.90. The number of hydrogen-bond acceptors (Lipinski definition) is 0. The summed E-state index contributed by atoms with van der Waals surface area (Å²) in [4.78, 5) is 0. The molecule has 0 spiro atoms. The van der Waals surface area contributed by atoms with Gasteiger partial charge in [-0.2, -0.15) is 0 Å². The molecule has 10 heavy (non-hydrogen) atoms. The first-order chi connectivity index (χ1) is 4.49. The fourth-order valence-corrected chi connectivity index (χ4v) is 4.93. The summed E-state index contributed by atoms with van der Waals surface area (Å²) >= 11 is 0. The van der Waals surface area contributed by atoms with Gasteiger partial charge in [0.2, 0.25) is 0 Å². The monoisotopic (exact) mass is 159 g/mol. The molecule has 0 aromatic carbocycles. The molecule has 0 aliphatic carbocycles. The van der Waals surface area contributed by atoms with Gasteiger partial charge in [-0.1, -0.05) is 20.8 Å². The average molecular weight is 159 g/mol. The van der Waals surface area contributed by atoms with Crippen LogP contribution in [0.3, 0.4) is 0 Å². The quantitative estimate of drug-likeness (QED) is 0.476. The summed E-state index contributed by atoms with van der Waals surface area (Å²) in [6.45, 7) is 7.21. The molecular weight excluding hydrogens is 140 g/mol. The van der Waals surface area contributed by atoms with E-state index in [-0.39, 0.29) is 0 Å². The van der Waals surface area contributed by atoms with Crippen LogP contribution < -0.4 is 0 Å². The van der Waals surface area contributed by atoms with Gasteiger partial charge in [0.25, 0.3) is 0 Å². The lowest BCUT2D eigenvalue weighted by atomic mass is 9.85. The minimum absolute atomic E-state index is 0.634. The summed E-state index contributed by atoms with van der Waals surface area (Å²) in [5.41, 5.74) is 0.634. The van der Waals surface area contributed by atoms with Gasteiger partial charge in [0.15, 0.2) is 0 Å². The zero-order chi connectivity index (χ0) is 7.78. The zero-order valence-electron chi connectivity index (χ0n) is 7.61. The summed E-state index contributed by atoms with van der Waals surface area (Å²) < 4.78 is 0. The molecule has 0 aromatic heterocycles. The van der Waals surface area contributed by atoms with Crippen LogP contribution in [0.2, 0.25) is 0 Å². The van der Waals surface area contributed by atoms with Gasteiger partial charge < -0.3 is 0 Å². The predicted octanol–water partition coefficient (Wildman–Crippen LogP) is 2.30. The van der Waals surface area contributed by atoms with E-state index in [2.05, 4.69) is 27.0 Å². The van der Waals surface area contributed by atoms with Crippen molar-refractivity contribution in [2.45, 2.75) is 27.2 Å². The van der Waals surface area contributed by atoms with Gasteiger partial charge in [0.1, 0.15) is 11.5 Å². The van der Waals surface area contributed by atoms with Crippen molar-refractivity contribution >= 4 is 10.9 Å². The van der Waals surface area contributed by atoms with Crippen molar-refractivity contribution in [1.82, 2.24) is 0 Å². The lowest BCUT2D eigenvalue weighted by molar-refractivity contribution is 0.316. The van der Waals surface area contributed by atoms with Crippen LogP contribution >= 0.6 is 0 Å². The van der Waals surface area contributed by atoms with E-state index >= 15 is 0 Å². The Kier molecular flexibility index (Phi) is 2.34. The molecule has 60 valence electrons. The van der Waals surface area contributed by atoms with Crippen molar-refractivity contribution in [3.05, 3.63) is 0 Å². The second-order valence-electron chi connectivity index (χ2n) is 4.57. The maximum Gasteiger partial charge on any atom is 0.113 e. The molecule has 1 fully saturated rings. The van der Waals surface area contributed by atoms with Gasteiger partial charge in [-0.25, -0.2) is 0 Å². The number of hydrogen-bond donors (Lipinski definition) is 0. The van der Waals surface area contributed by atoms with E-state index in [0.717, 1.165) is 5.92 Å². The van der Waals surface area contributed by atoms with Crippen LogP contribution in [0.15, 0.2) is 0 Å². The molecule has 1 rings (SSSR count). The van der Waals surface area contributed by atoms with Crippen LogP contribution in [0, 0.1) is 11.3 Å². The topological polar surface area (TPSA) is 0 Å². The lowest BCUT2D eigenvalue weighted by Crippen LogP contribution is -2.35. The van der Waals surface area contributed by atoms with Crippen molar-refractivity contribution in [1.29, 1.82) is 0 Å². The normalized spacial score (nSPS) is 39.6. The number of rotatable bonds is 0. The largest absolute Gasteiger partial charge is 0.113 e. The van der Waals surface area contributed by atoms with E-state index in [1.54, 1.807) is 0 Å².